The quantitative estimate of drug-likeness (QED) is 0.787. The molecule has 0 bridgehead atoms. The summed E-state index contributed by atoms with van der Waals surface area (Å²) in [5.74, 6) is 0.733. The molecule has 116 valence electrons. The number of hydrogen-bond acceptors (Lipinski definition) is 3. The Kier molecular flexibility index (Phi) is 4.52. The number of amides is 1. The first kappa shape index (κ1) is 15.0. The minimum atomic E-state index is -0.100. The number of carbonyl (C=O) groups excluding carboxylic acids is 1. The van der Waals surface area contributed by atoms with Crippen molar-refractivity contribution in [3.8, 4) is 5.75 Å². The van der Waals surface area contributed by atoms with Crippen LogP contribution in [0.5, 0.6) is 5.75 Å². The molecule has 1 heterocycles. The number of benzene rings is 2. The van der Waals surface area contributed by atoms with Gasteiger partial charge in [-0.1, -0.05) is 30.3 Å². The average Bonchev–Trinajstić information content (AvgIpc) is 2.61. The van der Waals surface area contributed by atoms with Crippen LogP contribution in [0.2, 0.25) is 0 Å². The summed E-state index contributed by atoms with van der Waals surface area (Å²) in [5.41, 5.74) is 2.63. The van der Waals surface area contributed by atoms with Crippen molar-refractivity contribution in [3.63, 3.8) is 0 Å². The van der Waals surface area contributed by atoms with E-state index in [2.05, 4.69) is 10.3 Å². The second kappa shape index (κ2) is 6.92. The molecule has 4 nitrogen and oxygen atoms in total. The Morgan fingerprint density at radius 2 is 1.91 bits per heavy atom. The van der Waals surface area contributed by atoms with Gasteiger partial charge in [-0.05, 0) is 36.2 Å². The number of rotatable bonds is 5. The van der Waals surface area contributed by atoms with E-state index in [0.29, 0.717) is 12.1 Å². The number of nitrogens with one attached hydrogen (secondary N) is 1. The second-order valence-electron chi connectivity index (χ2n) is 5.27. The Morgan fingerprint density at radius 3 is 2.70 bits per heavy atom. The topological polar surface area (TPSA) is 51.2 Å². The number of nitrogens with zero attached hydrogens (tertiary/aromatic N) is 1. The molecule has 0 fully saturated rings. The zero-order chi connectivity index (χ0) is 16.1. The van der Waals surface area contributed by atoms with E-state index in [1.54, 1.807) is 13.3 Å². The van der Waals surface area contributed by atoms with Gasteiger partial charge in [0.05, 0.1) is 18.2 Å². The number of ether oxygens (including phenoxy) is 1. The van der Waals surface area contributed by atoms with Crippen molar-refractivity contribution in [2.45, 2.75) is 6.42 Å². The van der Waals surface area contributed by atoms with E-state index in [-0.39, 0.29) is 5.91 Å². The smallest absolute Gasteiger partial charge is 0.252 e. The Bertz CT molecular complexity index is 813. The van der Waals surface area contributed by atoms with Crippen molar-refractivity contribution in [1.82, 2.24) is 10.3 Å². The van der Waals surface area contributed by atoms with E-state index in [9.17, 15) is 4.79 Å². The maximum Gasteiger partial charge on any atom is 0.252 e. The van der Waals surface area contributed by atoms with Gasteiger partial charge in [-0.2, -0.15) is 0 Å². The Hall–Kier alpha value is -2.88. The number of fused-ring (bicyclic) bond motifs is 1. The lowest BCUT2D eigenvalue weighted by molar-refractivity contribution is 0.0954. The summed E-state index contributed by atoms with van der Waals surface area (Å²) in [6.07, 6.45) is 2.39. The van der Waals surface area contributed by atoms with E-state index < -0.39 is 0 Å². The molecule has 1 aromatic heterocycles. The van der Waals surface area contributed by atoms with Crippen molar-refractivity contribution < 1.29 is 9.53 Å². The summed E-state index contributed by atoms with van der Waals surface area (Å²) in [6, 6.07) is 17.5. The van der Waals surface area contributed by atoms with Crippen LogP contribution in [-0.2, 0) is 6.42 Å². The van der Waals surface area contributed by atoms with Gasteiger partial charge < -0.3 is 10.1 Å². The molecule has 0 saturated heterocycles. The van der Waals surface area contributed by atoms with Crippen LogP contribution in [0.15, 0.2) is 60.8 Å². The van der Waals surface area contributed by atoms with Crippen LogP contribution >= 0.6 is 0 Å². The normalized spacial score (nSPS) is 10.5. The molecular weight excluding hydrogens is 288 g/mol. The van der Waals surface area contributed by atoms with Gasteiger partial charge in [0, 0.05) is 18.1 Å². The summed E-state index contributed by atoms with van der Waals surface area (Å²) in [6.45, 7) is 0.581. The Balaban J connectivity index is 1.59. The molecule has 3 rings (SSSR count). The molecule has 0 aliphatic carbocycles. The van der Waals surface area contributed by atoms with Crippen molar-refractivity contribution in [3.05, 3.63) is 71.9 Å². The number of para-hydroxylation sites is 1. The van der Waals surface area contributed by atoms with Gasteiger partial charge in [0.1, 0.15) is 5.75 Å². The van der Waals surface area contributed by atoms with Gasteiger partial charge in [0.15, 0.2) is 0 Å². The third kappa shape index (κ3) is 3.66. The van der Waals surface area contributed by atoms with Crippen molar-refractivity contribution in [2.75, 3.05) is 13.7 Å². The summed E-state index contributed by atoms with van der Waals surface area (Å²) in [4.78, 5) is 16.5. The monoisotopic (exact) mass is 306 g/mol. The average molecular weight is 306 g/mol. The number of aromatic nitrogens is 1. The fraction of sp³-hybridized carbons (Fsp3) is 0.158. The van der Waals surface area contributed by atoms with Crippen LogP contribution in [0.25, 0.3) is 10.9 Å². The molecule has 3 aromatic rings. The number of hydrogen-bond donors (Lipinski definition) is 1. The lowest BCUT2D eigenvalue weighted by Gasteiger charge is -2.07. The van der Waals surface area contributed by atoms with Crippen molar-refractivity contribution in [2.24, 2.45) is 0 Å². The zero-order valence-electron chi connectivity index (χ0n) is 13.0. The molecule has 1 N–H and O–H groups in total. The van der Waals surface area contributed by atoms with E-state index in [1.807, 2.05) is 54.6 Å². The van der Waals surface area contributed by atoms with Crippen LogP contribution in [0.4, 0.5) is 0 Å². The summed E-state index contributed by atoms with van der Waals surface area (Å²) >= 11 is 0. The van der Waals surface area contributed by atoms with Crippen LogP contribution in [0.3, 0.4) is 0 Å². The molecule has 0 saturated carbocycles. The lowest BCUT2D eigenvalue weighted by atomic mass is 10.1. The largest absolute Gasteiger partial charge is 0.497 e. The molecule has 0 spiro atoms. The first-order chi connectivity index (χ1) is 11.3. The van der Waals surface area contributed by atoms with Crippen molar-refractivity contribution >= 4 is 16.8 Å². The van der Waals surface area contributed by atoms with Crippen LogP contribution < -0.4 is 10.1 Å². The third-order valence-electron chi connectivity index (χ3n) is 3.71. The van der Waals surface area contributed by atoms with Gasteiger partial charge in [-0.15, -0.1) is 0 Å². The van der Waals surface area contributed by atoms with E-state index in [1.165, 1.54) is 0 Å². The molecular formula is C19H18N2O2. The SMILES string of the molecule is COc1ccc(CCNC(=O)c2cnc3ccccc3c2)cc1. The van der Waals surface area contributed by atoms with Gasteiger partial charge in [-0.25, -0.2) is 0 Å². The van der Waals surface area contributed by atoms with E-state index >= 15 is 0 Å². The summed E-state index contributed by atoms with van der Waals surface area (Å²) < 4.78 is 5.13. The second-order valence-corrected chi connectivity index (χ2v) is 5.27. The first-order valence-corrected chi connectivity index (χ1v) is 7.52. The summed E-state index contributed by atoms with van der Waals surface area (Å²) in [5, 5.41) is 3.90. The molecule has 2 aromatic carbocycles. The van der Waals surface area contributed by atoms with E-state index in [0.717, 1.165) is 28.6 Å². The molecule has 4 heteroatoms. The Morgan fingerprint density at radius 1 is 1.13 bits per heavy atom. The standard InChI is InChI=1S/C19H18N2O2/c1-23-17-8-6-14(7-9-17)10-11-20-19(22)16-12-15-4-2-3-5-18(15)21-13-16/h2-9,12-13H,10-11H2,1H3,(H,20,22). The first-order valence-electron chi connectivity index (χ1n) is 7.52. The fourth-order valence-electron chi connectivity index (χ4n) is 2.41. The predicted molar refractivity (Wildman–Crippen MR) is 90.8 cm³/mol. The highest BCUT2D eigenvalue weighted by Gasteiger charge is 2.06. The predicted octanol–water partition coefficient (Wildman–Crippen LogP) is 3.22. The molecule has 0 aliphatic rings. The highest BCUT2D eigenvalue weighted by molar-refractivity contribution is 5.97. The minimum absolute atomic E-state index is 0.100. The molecule has 1 amide bonds. The number of pyridine rings is 1. The molecule has 0 atom stereocenters. The number of methoxy groups -OCH3 is 1. The van der Waals surface area contributed by atoms with Crippen LogP contribution in [0.1, 0.15) is 15.9 Å². The highest BCUT2D eigenvalue weighted by atomic mass is 16.5. The van der Waals surface area contributed by atoms with Crippen LogP contribution in [0, 0.1) is 0 Å². The maximum atomic E-state index is 12.2. The van der Waals surface area contributed by atoms with Crippen LogP contribution in [-0.4, -0.2) is 24.5 Å². The van der Waals surface area contributed by atoms with Crippen molar-refractivity contribution in [1.29, 1.82) is 0 Å². The molecule has 23 heavy (non-hydrogen) atoms. The maximum absolute atomic E-state index is 12.2. The van der Waals surface area contributed by atoms with Gasteiger partial charge in [-0.3, -0.25) is 9.78 Å². The number of carbonyl (C=O) groups is 1. The minimum Gasteiger partial charge on any atom is -0.497 e. The molecule has 0 aliphatic heterocycles. The third-order valence-corrected chi connectivity index (χ3v) is 3.71. The highest BCUT2D eigenvalue weighted by Crippen LogP contribution is 2.13. The zero-order valence-corrected chi connectivity index (χ0v) is 13.0. The van der Waals surface area contributed by atoms with E-state index in [4.69, 9.17) is 4.74 Å². The summed E-state index contributed by atoms with van der Waals surface area (Å²) in [7, 11) is 1.65. The molecule has 0 unspecified atom stereocenters. The van der Waals surface area contributed by atoms with Gasteiger partial charge in [0.25, 0.3) is 5.91 Å². The van der Waals surface area contributed by atoms with Gasteiger partial charge >= 0.3 is 0 Å². The van der Waals surface area contributed by atoms with Gasteiger partial charge in [0.2, 0.25) is 0 Å². The Labute approximate surface area is 135 Å². The fourth-order valence-corrected chi connectivity index (χ4v) is 2.41. The lowest BCUT2D eigenvalue weighted by Crippen LogP contribution is -2.25. The molecule has 0 radical (unpaired) electrons.